The van der Waals surface area contributed by atoms with Crippen molar-refractivity contribution in [3.8, 4) is 0 Å². The van der Waals surface area contributed by atoms with Crippen LogP contribution < -0.4 is 0 Å². The van der Waals surface area contributed by atoms with Gasteiger partial charge in [0.15, 0.2) is 0 Å². The normalized spacial score (nSPS) is 21.8. The molecule has 2 aliphatic rings. The van der Waals surface area contributed by atoms with E-state index < -0.39 is 0 Å². The van der Waals surface area contributed by atoms with Crippen LogP contribution in [0.5, 0.6) is 0 Å². The highest BCUT2D eigenvalue weighted by Crippen LogP contribution is 2.49. The number of fused-ring (bicyclic) bond motifs is 2. The Hall–Kier alpha value is -2.02. The second-order valence-corrected chi connectivity index (χ2v) is 9.93. The van der Waals surface area contributed by atoms with Gasteiger partial charge >= 0.3 is 0 Å². The third-order valence-electron chi connectivity index (χ3n) is 5.94. The molecule has 5 heteroatoms. The van der Waals surface area contributed by atoms with Crippen LogP contribution in [0.2, 0.25) is 0 Å². The number of rotatable bonds is 8. The Balaban J connectivity index is 1.24. The van der Waals surface area contributed by atoms with Gasteiger partial charge in [-0.15, -0.1) is 0 Å². The van der Waals surface area contributed by atoms with Gasteiger partial charge in [0.25, 0.3) is 0 Å². The Morgan fingerprint density at radius 2 is 1.03 bits per heavy atom. The van der Waals surface area contributed by atoms with Crippen LogP contribution in [0.3, 0.4) is 0 Å². The molecule has 0 bridgehead atoms. The van der Waals surface area contributed by atoms with E-state index in [1.807, 2.05) is 0 Å². The molecule has 4 atom stereocenters. The molecule has 0 saturated carbocycles. The maximum absolute atomic E-state index is 6.24. The van der Waals surface area contributed by atoms with Crippen LogP contribution in [0.1, 0.15) is 21.6 Å². The highest BCUT2D eigenvalue weighted by Gasteiger charge is 2.39. The lowest BCUT2D eigenvalue weighted by Gasteiger charge is -2.19. The summed E-state index contributed by atoms with van der Waals surface area (Å²) in [5.41, 5.74) is 2.55. The van der Waals surface area contributed by atoms with Gasteiger partial charge in [-0.1, -0.05) is 84.9 Å². The molecule has 3 nitrogen and oxygen atoms in total. The predicted octanol–water partition coefficient (Wildman–Crippen LogP) is 6.89. The fourth-order valence-electron chi connectivity index (χ4n) is 4.19. The number of epoxide rings is 2. The van der Waals surface area contributed by atoms with E-state index in [1.165, 1.54) is 56.8 Å². The molecule has 31 heavy (non-hydrogen) atoms. The first kappa shape index (κ1) is 19.6. The quantitative estimate of drug-likeness (QED) is 0.218. The van der Waals surface area contributed by atoms with E-state index in [9.17, 15) is 0 Å². The molecule has 156 valence electrons. The van der Waals surface area contributed by atoms with Crippen LogP contribution in [0.15, 0.2) is 84.9 Å². The van der Waals surface area contributed by atoms with Crippen molar-refractivity contribution < 1.29 is 13.1 Å². The van der Waals surface area contributed by atoms with Crippen molar-refractivity contribution in [3.63, 3.8) is 0 Å². The fraction of sp³-hybridized carbons (Fsp3) is 0.231. The summed E-state index contributed by atoms with van der Waals surface area (Å²) in [5.74, 6) is 0. The summed E-state index contributed by atoms with van der Waals surface area (Å²) in [5, 5.41) is 5.32. The lowest BCUT2D eigenvalue weighted by atomic mass is 10.0. The van der Waals surface area contributed by atoms with Gasteiger partial charge in [0, 0.05) is 24.1 Å². The van der Waals surface area contributed by atoms with Gasteiger partial charge in [0.2, 0.25) is 0 Å². The number of ether oxygens (including phenoxy) is 2. The predicted molar refractivity (Wildman–Crippen MR) is 129 cm³/mol. The van der Waals surface area contributed by atoms with Crippen molar-refractivity contribution in [2.24, 2.45) is 0 Å². The Labute approximate surface area is 190 Å². The van der Waals surface area contributed by atoms with Gasteiger partial charge < -0.3 is 9.47 Å². The average molecular weight is 447 g/mol. The Morgan fingerprint density at radius 1 is 0.613 bits per heavy atom. The minimum atomic E-state index is 0.145. The topological polar surface area (TPSA) is 34.3 Å². The molecule has 0 aliphatic carbocycles. The van der Waals surface area contributed by atoms with E-state index in [4.69, 9.17) is 13.1 Å². The van der Waals surface area contributed by atoms with Crippen LogP contribution in [0.25, 0.3) is 21.5 Å². The molecule has 0 aromatic heterocycles. The minimum Gasteiger partial charge on any atom is -0.371 e. The van der Waals surface area contributed by atoms with E-state index >= 15 is 0 Å². The van der Waals surface area contributed by atoms with Crippen LogP contribution in [-0.2, 0) is 13.1 Å². The van der Waals surface area contributed by atoms with Crippen molar-refractivity contribution in [3.05, 3.63) is 96.1 Å². The molecule has 0 amide bonds. The standard InChI is InChI=1S/C26H22O3S2/c1-3-11-19-17(7-1)9-5-13-21(19)25(23-15-27-23)30-29-31-26(24-16-28-24)22-14-6-10-18-8-2-4-12-20(18)22/h1-14,23-26H,15-16H2. The summed E-state index contributed by atoms with van der Waals surface area (Å²) in [6, 6.07) is 30.0. The molecule has 2 saturated heterocycles. The molecular weight excluding hydrogens is 424 g/mol. The lowest BCUT2D eigenvalue weighted by Crippen LogP contribution is -2.05. The molecule has 6 rings (SSSR count). The van der Waals surface area contributed by atoms with Crippen molar-refractivity contribution >= 4 is 45.6 Å². The Bertz CT molecular complexity index is 1110. The lowest BCUT2D eigenvalue weighted by molar-refractivity contribution is 0.400. The molecule has 0 N–H and O–H groups in total. The van der Waals surface area contributed by atoms with Crippen molar-refractivity contribution in [1.82, 2.24) is 0 Å². The Kier molecular flexibility index (Phi) is 5.38. The molecule has 2 heterocycles. The molecule has 0 spiro atoms. The molecular formula is C26H22O3S2. The SMILES string of the molecule is c1ccc2c(C(SOSC(c3cccc4ccccc34)C3CO3)C3CO3)cccc2c1. The minimum absolute atomic E-state index is 0.145. The summed E-state index contributed by atoms with van der Waals surface area (Å²) in [6.45, 7) is 1.57. The zero-order valence-electron chi connectivity index (χ0n) is 16.8. The first-order valence-corrected chi connectivity index (χ1v) is 12.2. The molecule has 4 aromatic carbocycles. The third kappa shape index (κ3) is 4.09. The van der Waals surface area contributed by atoms with Crippen LogP contribution in [0, 0.1) is 0 Å². The van der Waals surface area contributed by atoms with Crippen LogP contribution >= 0.6 is 24.1 Å². The van der Waals surface area contributed by atoms with Gasteiger partial charge in [-0.2, -0.15) is 0 Å². The highest BCUT2D eigenvalue weighted by molar-refractivity contribution is 8.08. The number of benzene rings is 4. The molecule has 0 radical (unpaired) electrons. The highest BCUT2D eigenvalue weighted by atomic mass is 32.2. The van der Waals surface area contributed by atoms with E-state index in [2.05, 4.69) is 84.9 Å². The first-order valence-electron chi connectivity index (χ1n) is 10.6. The smallest absolute Gasteiger partial charge is 0.0992 e. The zero-order chi connectivity index (χ0) is 20.6. The molecule has 4 aromatic rings. The maximum Gasteiger partial charge on any atom is 0.0992 e. The van der Waals surface area contributed by atoms with E-state index in [0.717, 1.165) is 13.2 Å². The molecule has 2 aliphatic heterocycles. The number of hydrogen-bond acceptors (Lipinski definition) is 5. The second kappa shape index (κ2) is 8.49. The van der Waals surface area contributed by atoms with E-state index in [0.29, 0.717) is 0 Å². The van der Waals surface area contributed by atoms with Gasteiger partial charge in [0.05, 0.1) is 35.9 Å². The summed E-state index contributed by atoms with van der Waals surface area (Å²) < 4.78 is 17.6. The molecule has 2 fully saturated rings. The summed E-state index contributed by atoms with van der Waals surface area (Å²) in [4.78, 5) is 0. The average Bonchev–Trinajstić information content (AvgIpc) is 3.73. The van der Waals surface area contributed by atoms with Crippen LogP contribution in [-0.4, -0.2) is 25.4 Å². The van der Waals surface area contributed by atoms with Gasteiger partial charge in [-0.3, -0.25) is 0 Å². The zero-order valence-corrected chi connectivity index (χ0v) is 18.5. The van der Waals surface area contributed by atoms with Crippen molar-refractivity contribution in [1.29, 1.82) is 0 Å². The first-order chi connectivity index (χ1) is 15.4. The third-order valence-corrected chi connectivity index (χ3v) is 8.10. The maximum atomic E-state index is 6.24. The second-order valence-electron chi connectivity index (χ2n) is 7.98. The Morgan fingerprint density at radius 3 is 1.48 bits per heavy atom. The molecule has 4 unspecified atom stereocenters. The van der Waals surface area contributed by atoms with Gasteiger partial charge in [-0.25, -0.2) is 3.63 Å². The van der Waals surface area contributed by atoms with Crippen molar-refractivity contribution in [2.45, 2.75) is 22.7 Å². The van der Waals surface area contributed by atoms with Gasteiger partial charge in [0.1, 0.15) is 0 Å². The summed E-state index contributed by atoms with van der Waals surface area (Å²) >= 11 is 3.03. The van der Waals surface area contributed by atoms with E-state index in [-0.39, 0.29) is 22.7 Å². The monoisotopic (exact) mass is 446 g/mol. The number of hydrogen-bond donors (Lipinski definition) is 0. The van der Waals surface area contributed by atoms with Crippen LogP contribution in [0.4, 0.5) is 0 Å². The van der Waals surface area contributed by atoms with Crippen molar-refractivity contribution in [2.75, 3.05) is 13.2 Å². The largest absolute Gasteiger partial charge is 0.371 e. The fourth-order valence-corrected chi connectivity index (χ4v) is 6.23. The summed E-state index contributed by atoms with van der Waals surface area (Å²) in [6.07, 6.45) is 0.397. The van der Waals surface area contributed by atoms with E-state index in [1.54, 1.807) is 0 Å². The summed E-state index contributed by atoms with van der Waals surface area (Å²) in [7, 11) is 0. The van der Waals surface area contributed by atoms with Gasteiger partial charge in [-0.05, 0) is 32.7 Å².